The van der Waals surface area contributed by atoms with Gasteiger partial charge in [-0.2, -0.15) is 0 Å². The molecule has 0 amide bonds. The third kappa shape index (κ3) is 9.84. The molecule has 1 aliphatic rings. The zero-order chi connectivity index (χ0) is 31.2. The fraction of sp³-hybridized carbons (Fsp3) is 0.350. The van der Waals surface area contributed by atoms with Gasteiger partial charge in [-0.15, -0.1) is 11.8 Å². The largest absolute Gasteiger partial charge is 0.493 e. The van der Waals surface area contributed by atoms with Gasteiger partial charge in [-0.1, -0.05) is 159 Å². The number of hydrogen-bond donors (Lipinski definition) is 0. The van der Waals surface area contributed by atoms with Crippen molar-refractivity contribution in [3.8, 4) is 5.75 Å². The summed E-state index contributed by atoms with van der Waals surface area (Å²) in [6.45, 7) is 10.0. The van der Waals surface area contributed by atoms with Crippen molar-refractivity contribution in [3.05, 3.63) is 120 Å². The van der Waals surface area contributed by atoms with Crippen LogP contribution in [0, 0.1) is 0 Å². The molecule has 0 unspecified atom stereocenters. The molecule has 44 heavy (non-hydrogen) atoms. The lowest BCUT2D eigenvalue weighted by atomic mass is 9.80. The molecule has 232 valence electrons. The number of allylic oxidation sites excluding steroid dienone is 2. The maximum absolute atomic E-state index is 6.25. The normalized spacial score (nSPS) is 14.0. The van der Waals surface area contributed by atoms with Crippen LogP contribution < -0.4 is 20.7 Å². The van der Waals surface area contributed by atoms with Crippen LogP contribution in [-0.4, -0.2) is 17.7 Å². The van der Waals surface area contributed by atoms with Crippen LogP contribution in [0.5, 0.6) is 5.75 Å². The van der Waals surface area contributed by atoms with Gasteiger partial charge in [-0.05, 0) is 78.0 Å². The van der Waals surface area contributed by atoms with Gasteiger partial charge in [0.05, 0.1) is 6.61 Å². The van der Waals surface area contributed by atoms with Gasteiger partial charge in [0.2, 0.25) is 0 Å². The van der Waals surface area contributed by atoms with Gasteiger partial charge in [0.1, 0.15) is 5.75 Å². The molecular weight excluding hydrogens is 639 g/mol. The van der Waals surface area contributed by atoms with Crippen molar-refractivity contribution in [2.24, 2.45) is 0 Å². The van der Waals surface area contributed by atoms with E-state index in [1.807, 2.05) is 11.8 Å². The standard InChI is InChI=1S/C22H33BrOS.C18H15P/c1-5-6-7-8-9-13-24-20-16-21-19(22(3,4)11-14-25-21)15-18(20)17(2)10-12-23;1-4-10-16(11-5-1)19(17-12-6-2-7-13-17)18-14-8-3-9-15-18/h10,15-16H,5-9,11-14H2,1-4H3;1-15H/b17-10-;. The van der Waals surface area contributed by atoms with Crippen LogP contribution >= 0.6 is 35.6 Å². The number of unbranched alkanes of at least 4 members (excludes halogenated alkanes) is 4. The predicted molar refractivity (Wildman–Crippen MR) is 202 cm³/mol. The van der Waals surface area contributed by atoms with Gasteiger partial charge in [0.15, 0.2) is 0 Å². The summed E-state index contributed by atoms with van der Waals surface area (Å²) in [6.07, 6.45) is 9.84. The van der Waals surface area contributed by atoms with Gasteiger partial charge in [-0.25, -0.2) is 0 Å². The number of thioether (sulfide) groups is 1. The van der Waals surface area contributed by atoms with Gasteiger partial charge in [-0.3, -0.25) is 0 Å². The minimum Gasteiger partial charge on any atom is -0.493 e. The highest BCUT2D eigenvalue weighted by Crippen LogP contribution is 2.45. The van der Waals surface area contributed by atoms with Crippen molar-refractivity contribution in [2.45, 2.75) is 76.5 Å². The maximum atomic E-state index is 6.25. The van der Waals surface area contributed by atoms with E-state index in [1.165, 1.54) is 75.4 Å². The molecule has 0 N–H and O–H groups in total. The summed E-state index contributed by atoms with van der Waals surface area (Å²) >= 11 is 5.52. The first-order valence-electron chi connectivity index (χ1n) is 16.1. The first-order valence-corrected chi connectivity index (χ1v) is 19.5. The lowest BCUT2D eigenvalue weighted by Crippen LogP contribution is -2.23. The summed E-state index contributed by atoms with van der Waals surface area (Å²) in [7, 11) is -0.446. The monoisotopic (exact) mass is 686 g/mol. The number of benzene rings is 4. The lowest BCUT2D eigenvalue weighted by Gasteiger charge is -2.33. The van der Waals surface area contributed by atoms with Crippen molar-refractivity contribution >= 4 is 57.1 Å². The van der Waals surface area contributed by atoms with E-state index >= 15 is 0 Å². The molecule has 0 aliphatic carbocycles. The molecule has 0 saturated heterocycles. The number of rotatable bonds is 12. The van der Waals surface area contributed by atoms with E-state index in [4.69, 9.17) is 4.74 Å². The smallest absolute Gasteiger partial charge is 0.127 e. The van der Waals surface area contributed by atoms with Crippen molar-refractivity contribution in [2.75, 3.05) is 17.7 Å². The van der Waals surface area contributed by atoms with Crippen LogP contribution in [0.1, 0.15) is 77.3 Å². The molecule has 1 heterocycles. The number of halogens is 1. The van der Waals surface area contributed by atoms with Crippen LogP contribution in [0.4, 0.5) is 0 Å². The average molecular weight is 688 g/mol. The lowest BCUT2D eigenvalue weighted by molar-refractivity contribution is 0.302. The van der Waals surface area contributed by atoms with Crippen molar-refractivity contribution in [3.63, 3.8) is 0 Å². The highest BCUT2D eigenvalue weighted by molar-refractivity contribution is 9.09. The molecule has 1 aliphatic heterocycles. The Balaban J connectivity index is 0.000000208. The van der Waals surface area contributed by atoms with Crippen LogP contribution in [-0.2, 0) is 5.41 Å². The van der Waals surface area contributed by atoms with Gasteiger partial charge < -0.3 is 4.74 Å². The SMILES string of the molecule is CCCCCCCOc1cc2c(cc1/C(C)=C\CBr)C(C)(C)CCS2.c1ccc(P(c2ccccc2)c2ccccc2)cc1. The van der Waals surface area contributed by atoms with E-state index in [9.17, 15) is 0 Å². The molecule has 0 radical (unpaired) electrons. The minimum atomic E-state index is -0.446. The topological polar surface area (TPSA) is 9.23 Å². The zero-order valence-electron chi connectivity index (χ0n) is 26.9. The fourth-order valence-electron chi connectivity index (χ4n) is 5.48. The zero-order valence-corrected chi connectivity index (χ0v) is 30.2. The Morgan fingerprint density at radius 3 is 1.89 bits per heavy atom. The average Bonchev–Trinajstić information content (AvgIpc) is 3.04. The molecule has 0 aromatic heterocycles. The van der Waals surface area contributed by atoms with Crippen LogP contribution in [0.2, 0.25) is 0 Å². The minimum absolute atomic E-state index is 0.253. The third-order valence-electron chi connectivity index (χ3n) is 8.15. The molecular formula is C40H48BrOPS. The van der Waals surface area contributed by atoms with Gasteiger partial charge >= 0.3 is 0 Å². The molecule has 0 fully saturated rings. The molecule has 4 aromatic carbocycles. The molecule has 1 nitrogen and oxygen atoms in total. The fourth-order valence-corrected chi connectivity index (χ4v) is 9.78. The second-order valence-corrected chi connectivity index (χ2v) is 16.0. The molecule has 4 aromatic rings. The molecule has 0 saturated carbocycles. The Labute approximate surface area is 280 Å². The van der Waals surface area contributed by atoms with E-state index in [2.05, 4.69) is 153 Å². The molecule has 4 heteroatoms. The van der Waals surface area contributed by atoms with Crippen molar-refractivity contribution < 1.29 is 4.74 Å². The Morgan fingerprint density at radius 2 is 1.36 bits per heavy atom. The number of ether oxygens (including phenoxy) is 1. The van der Waals surface area contributed by atoms with Crippen molar-refractivity contribution in [1.82, 2.24) is 0 Å². The second-order valence-electron chi connectivity index (χ2n) is 12.0. The summed E-state index contributed by atoms with van der Waals surface area (Å²) in [4.78, 5) is 1.41. The quantitative estimate of drug-likeness (QED) is 0.0833. The first kappa shape index (κ1) is 34.6. The highest BCUT2D eigenvalue weighted by atomic mass is 79.9. The second kappa shape index (κ2) is 18.0. The van der Waals surface area contributed by atoms with E-state index < -0.39 is 7.92 Å². The third-order valence-corrected chi connectivity index (χ3v) is 12.0. The number of fused-ring (bicyclic) bond motifs is 1. The Bertz CT molecular complexity index is 1340. The molecule has 0 bridgehead atoms. The van der Waals surface area contributed by atoms with E-state index in [0.29, 0.717) is 0 Å². The highest BCUT2D eigenvalue weighted by Gasteiger charge is 2.29. The maximum Gasteiger partial charge on any atom is 0.127 e. The summed E-state index contributed by atoms with van der Waals surface area (Å²) in [5, 5.41) is 5.07. The van der Waals surface area contributed by atoms with Gasteiger partial charge in [0, 0.05) is 15.8 Å². The van der Waals surface area contributed by atoms with E-state index in [1.54, 1.807) is 0 Å². The molecule has 0 atom stereocenters. The summed E-state index contributed by atoms with van der Waals surface area (Å²) < 4.78 is 6.25. The van der Waals surface area contributed by atoms with Crippen molar-refractivity contribution in [1.29, 1.82) is 0 Å². The van der Waals surface area contributed by atoms with Gasteiger partial charge in [0.25, 0.3) is 0 Å². The summed E-state index contributed by atoms with van der Waals surface area (Å²) in [5.41, 5.74) is 4.30. The number of hydrogen-bond acceptors (Lipinski definition) is 2. The predicted octanol–water partition coefficient (Wildman–Crippen LogP) is 11.1. The first-order chi connectivity index (χ1) is 21.4. The Hall–Kier alpha value is -2.32. The molecule has 0 spiro atoms. The van der Waals surface area contributed by atoms with Crippen LogP contribution in [0.3, 0.4) is 0 Å². The molecule has 5 rings (SSSR count). The summed E-state index contributed by atoms with van der Waals surface area (Å²) in [5.74, 6) is 2.26. The summed E-state index contributed by atoms with van der Waals surface area (Å²) in [6, 6.07) is 37.0. The van der Waals surface area contributed by atoms with E-state index in [-0.39, 0.29) is 5.41 Å². The van der Waals surface area contributed by atoms with Crippen LogP contribution in [0.15, 0.2) is 114 Å². The van der Waals surface area contributed by atoms with E-state index in [0.717, 1.165) is 24.1 Å². The van der Waals surface area contributed by atoms with Crippen LogP contribution in [0.25, 0.3) is 5.57 Å². The Kier molecular flexibility index (Phi) is 14.1. The number of alkyl halides is 1. The Morgan fingerprint density at radius 1 is 0.818 bits per heavy atom.